The molecule has 0 amide bonds. The average molecular weight is 350 g/mol. The molecule has 0 aliphatic heterocycles. The van der Waals surface area contributed by atoms with Gasteiger partial charge in [0.15, 0.2) is 0 Å². The Labute approximate surface area is 120 Å². The Hall–Kier alpha value is -1.61. The van der Waals surface area contributed by atoms with Crippen LogP contribution < -0.4 is 4.74 Å². The molecule has 0 bridgehead atoms. The third-order valence-electron chi connectivity index (χ3n) is 2.46. The molecule has 0 N–H and O–H groups in total. The fraction of sp³-hybridized carbons (Fsp3) is 0.143. The summed E-state index contributed by atoms with van der Waals surface area (Å²) in [4.78, 5) is 4.26. The molecule has 1 heterocycles. The monoisotopic (exact) mass is 350 g/mol. The van der Waals surface area contributed by atoms with Crippen LogP contribution >= 0.6 is 22.6 Å². The van der Waals surface area contributed by atoms with Gasteiger partial charge in [-0.2, -0.15) is 5.26 Å². The number of halogens is 1. The minimum Gasteiger partial charge on any atom is -0.455 e. The zero-order valence-corrected chi connectivity index (χ0v) is 12.2. The fourth-order valence-electron chi connectivity index (χ4n) is 1.66. The Morgan fingerprint density at radius 1 is 1.22 bits per heavy atom. The van der Waals surface area contributed by atoms with Gasteiger partial charge in [0.25, 0.3) is 0 Å². The molecule has 0 fully saturated rings. The lowest BCUT2D eigenvalue weighted by Gasteiger charge is -2.11. The van der Waals surface area contributed by atoms with E-state index in [1.165, 1.54) is 0 Å². The van der Waals surface area contributed by atoms with E-state index in [9.17, 15) is 0 Å². The number of hydrogen-bond acceptors (Lipinski definition) is 3. The van der Waals surface area contributed by atoms with Crippen molar-refractivity contribution in [3.05, 3.63) is 50.9 Å². The quantitative estimate of drug-likeness (QED) is 0.770. The second-order valence-corrected chi connectivity index (χ2v) is 5.03. The molecule has 0 unspecified atom stereocenters. The lowest BCUT2D eigenvalue weighted by Crippen LogP contribution is -1.97. The second-order valence-electron chi connectivity index (χ2n) is 3.87. The van der Waals surface area contributed by atoms with Gasteiger partial charge < -0.3 is 4.74 Å². The predicted octanol–water partition coefficient (Wildman–Crippen LogP) is 3.97. The van der Waals surface area contributed by atoms with Gasteiger partial charge >= 0.3 is 0 Å². The molecule has 90 valence electrons. The van der Waals surface area contributed by atoms with Gasteiger partial charge in [-0.3, -0.25) is 4.98 Å². The van der Waals surface area contributed by atoms with Gasteiger partial charge in [0.2, 0.25) is 0 Å². The number of ether oxygens (including phenoxy) is 1. The van der Waals surface area contributed by atoms with Crippen molar-refractivity contribution in [2.45, 2.75) is 13.8 Å². The highest BCUT2D eigenvalue weighted by atomic mass is 127. The molecule has 1 aromatic heterocycles. The summed E-state index contributed by atoms with van der Waals surface area (Å²) in [5.74, 6) is 1.31. The minimum absolute atomic E-state index is 0.486. The van der Waals surface area contributed by atoms with Crippen LogP contribution in [0.2, 0.25) is 0 Å². The summed E-state index contributed by atoms with van der Waals surface area (Å²) in [7, 11) is 0. The number of nitriles is 1. The smallest absolute Gasteiger partial charge is 0.148 e. The number of aromatic nitrogens is 1. The number of nitrogens with zero attached hydrogens (tertiary/aromatic N) is 2. The van der Waals surface area contributed by atoms with Crippen LogP contribution in [-0.2, 0) is 0 Å². The van der Waals surface area contributed by atoms with Gasteiger partial charge in [0.1, 0.15) is 23.1 Å². The highest BCUT2D eigenvalue weighted by Crippen LogP contribution is 2.30. The summed E-state index contributed by atoms with van der Waals surface area (Å²) in [6, 6.07) is 11.6. The first-order chi connectivity index (χ1) is 8.61. The first kappa shape index (κ1) is 12.8. The molecule has 3 nitrogen and oxygen atoms in total. The number of rotatable bonds is 2. The summed E-state index contributed by atoms with van der Waals surface area (Å²) in [6.45, 7) is 3.70. The zero-order valence-electron chi connectivity index (χ0n) is 10.1. The topological polar surface area (TPSA) is 45.9 Å². The largest absolute Gasteiger partial charge is 0.455 e. The molecule has 0 aliphatic rings. The molecule has 2 aromatic rings. The van der Waals surface area contributed by atoms with E-state index in [0.29, 0.717) is 17.0 Å². The van der Waals surface area contributed by atoms with Crippen LogP contribution in [0.4, 0.5) is 0 Å². The van der Waals surface area contributed by atoms with Crippen LogP contribution in [0.15, 0.2) is 30.3 Å². The van der Waals surface area contributed by atoms with Crippen LogP contribution in [0.3, 0.4) is 0 Å². The Kier molecular flexibility index (Phi) is 3.82. The molecular formula is C14H11IN2O. The van der Waals surface area contributed by atoms with Crippen LogP contribution in [-0.4, -0.2) is 4.98 Å². The van der Waals surface area contributed by atoms with E-state index in [1.54, 1.807) is 6.07 Å². The molecular weight excluding hydrogens is 339 g/mol. The van der Waals surface area contributed by atoms with Gasteiger partial charge in [0, 0.05) is 11.8 Å². The Morgan fingerprint density at radius 3 is 2.61 bits per heavy atom. The Bertz CT molecular complexity index is 632. The molecule has 0 atom stereocenters. The summed E-state index contributed by atoms with van der Waals surface area (Å²) in [5, 5.41) is 9.17. The zero-order chi connectivity index (χ0) is 13.1. The van der Waals surface area contributed by atoms with Crippen LogP contribution in [0.1, 0.15) is 17.0 Å². The van der Waals surface area contributed by atoms with Gasteiger partial charge in [-0.1, -0.05) is 12.1 Å². The summed E-state index contributed by atoms with van der Waals surface area (Å²) < 4.78 is 6.83. The third kappa shape index (κ3) is 2.62. The maximum Gasteiger partial charge on any atom is 0.148 e. The first-order valence-corrected chi connectivity index (χ1v) is 6.50. The first-order valence-electron chi connectivity index (χ1n) is 5.42. The van der Waals surface area contributed by atoms with Gasteiger partial charge in [-0.25, -0.2) is 0 Å². The molecule has 0 saturated heterocycles. The molecule has 0 saturated carbocycles. The highest BCUT2D eigenvalue weighted by Gasteiger charge is 2.11. The van der Waals surface area contributed by atoms with E-state index in [4.69, 9.17) is 10.00 Å². The Balaban J connectivity index is 2.47. The van der Waals surface area contributed by atoms with Gasteiger partial charge in [0.05, 0.1) is 9.26 Å². The van der Waals surface area contributed by atoms with Gasteiger partial charge in [-0.15, -0.1) is 0 Å². The van der Waals surface area contributed by atoms with E-state index in [-0.39, 0.29) is 0 Å². The van der Waals surface area contributed by atoms with Crippen molar-refractivity contribution in [2.75, 3.05) is 0 Å². The molecule has 4 heteroatoms. The lowest BCUT2D eigenvalue weighted by molar-refractivity contribution is 0.475. The van der Waals surface area contributed by atoms with Crippen molar-refractivity contribution >= 4 is 22.6 Å². The molecule has 0 radical (unpaired) electrons. The highest BCUT2D eigenvalue weighted by molar-refractivity contribution is 14.1. The second kappa shape index (κ2) is 5.36. The summed E-state index contributed by atoms with van der Waals surface area (Å²) in [6.07, 6.45) is 0. The number of hydrogen-bond donors (Lipinski definition) is 0. The number of benzene rings is 1. The number of aryl methyl sites for hydroxylation is 2. The van der Waals surface area contributed by atoms with Crippen molar-refractivity contribution in [1.82, 2.24) is 4.98 Å². The predicted molar refractivity (Wildman–Crippen MR) is 77.7 cm³/mol. The van der Waals surface area contributed by atoms with Crippen molar-refractivity contribution in [3.63, 3.8) is 0 Å². The average Bonchev–Trinajstić information content (AvgIpc) is 2.31. The number of para-hydroxylation sites is 1. The van der Waals surface area contributed by atoms with E-state index in [2.05, 4.69) is 33.6 Å². The van der Waals surface area contributed by atoms with E-state index >= 15 is 0 Å². The van der Waals surface area contributed by atoms with E-state index < -0.39 is 0 Å². The maximum atomic E-state index is 9.17. The van der Waals surface area contributed by atoms with Crippen LogP contribution in [0.5, 0.6) is 11.5 Å². The minimum atomic E-state index is 0.486. The molecule has 0 aliphatic carbocycles. The lowest BCUT2D eigenvalue weighted by atomic mass is 10.2. The van der Waals surface area contributed by atoms with Crippen LogP contribution in [0, 0.1) is 28.7 Å². The van der Waals surface area contributed by atoms with Crippen molar-refractivity contribution < 1.29 is 4.74 Å². The Morgan fingerprint density at radius 2 is 1.94 bits per heavy atom. The standard InChI is InChI=1S/C14H11IN2O/c1-9-7-14(11(8-16)10(2)17-9)18-13-6-4-3-5-12(13)15/h3-7H,1-2H3. The molecule has 2 rings (SSSR count). The molecule has 1 aromatic carbocycles. The fourth-order valence-corrected chi connectivity index (χ4v) is 2.15. The van der Waals surface area contributed by atoms with Crippen LogP contribution in [0.25, 0.3) is 0 Å². The van der Waals surface area contributed by atoms with Gasteiger partial charge in [-0.05, 0) is 48.6 Å². The third-order valence-corrected chi connectivity index (χ3v) is 3.35. The summed E-state index contributed by atoms with van der Waals surface area (Å²) in [5.41, 5.74) is 2.02. The normalized spacial score (nSPS) is 9.89. The molecule has 18 heavy (non-hydrogen) atoms. The van der Waals surface area contributed by atoms with E-state index in [0.717, 1.165) is 15.0 Å². The number of pyridine rings is 1. The SMILES string of the molecule is Cc1cc(Oc2ccccc2I)c(C#N)c(C)n1. The van der Waals surface area contributed by atoms with E-state index in [1.807, 2.05) is 38.1 Å². The van der Waals surface area contributed by atoms with Crippen molar-refractivity contribution in [2.24, 2.45) is 0 Å². The molecule has 0 spiro atoms. The summed E-state index contributed by atoms with van der Waals surface area (Å²) >= 11 is 2.20. The van der Waals surface area contributed by atoms with Crippen molar-refractivity contribution in [1.29, 1.82) is 5.26 Å². The van der Waals surface area contributed by atoms with Crippen molar-refractivity contribution in [3.8, 4) is 17.6 Å². The maximum absolute atomic E-state index is 9.17.